The van der Waals surface area contributed by atoms with Crippen LogP contribution in [0.5, 0.6) is 17.2 Å². The number of carbonyl (C=O) groups excluding carboxylic acids is 2. The summed E-state index contributed by atoms with van der Waals surface area (Å²) in [6.07, 6.45) is 0. The zero-order valence-electron chi connectivity index (χ0n) is 18.3. The highest BCUT2D eigenvalue weighted by molar-refractivity contribution is 5.93. The van der Waals surface area contributed by atoms with Crippen molar-refractivity contribution in [2.75, 3.05) is 45.4 Å². The highest BCUT2D eigenvalue weighted by Crippen LogP contribution is 2.32. The maximum absolute atomic E-state index is 12.8. The van der Waals surface area contributed by atoms with E-state index in [-0.39, 0.29) is 12.7 Å². The first-order chi connectivity index (χ1) is 15.5. The molecule has 0 aromatic heterocycles. The van der Waals surface area contributed by atoms with Gasteiger partial charge < -0.3 is 29.7 Å². The number of benzene rings is 2. The molecule has 2 N–H and O–H groups in total. The third-order valence-corrected chi connectivity index (χ3v) is 5.59. The monoisotopic (exact) mass is 440 g/mol. The molecule has 2 heterocycles. The third-order valence-electron chi connectivity index (χ3n) is 5.59. The van der Waals surface area contributed by atoms with Gasteiger partial charge in [-0.3, -0.25) is 9.69 Å². The number of methoxy groups -OCH3 is 1. The second-order valence-corrected chi connectivity index (χ2v) is 7.84. The summed E-state index contributed by atoms with van der Waals surface area (Å²) in [6, 6.07) is 11.9. The Hall–Kier alpha value is -3.46. The molecule has 1 saturated heterocycles. The maximum atomic E-state index is 12.8. The number of fused-ring (bicyclic) bond motifs is 1. The number of hydrogen-bond donors (Lipinski definition) is 2. The third kappa shape index (κ3) is 5.23. The van der Waals surface area contributed by atoms with E-state index in [1.807, 2.05) is 18.2 Å². The molecule has 1 fully saturated rings. The first-order valence-electron chi connectivity index (χ1n) is 10.6. The summed E-state index contributed by atoms with van der Waals surface area (Å²) in [5, 5.41) is 5.45. The van der Waals surface area contributed by atoms with Gasteiger partial charge in [0.25, 0.3) is 0 Å². The number of rotatable bonds is 6. The summed E-state index contributed by atoms with van der Waals surface area (Å²) < 4.78 is 15.9. The lowest BCUT2D eigenvalue weighted by atomic mass is 10.1. The van der Waals surface area contributed by atoms with Crippen LogP contribution < -0.4 is 24.8 Å². The predicted octanol–water partition coefficient (Wildman–Crippen LogP) is 2.28. The Morgan fingerprint density at radius 3 is 2.47 bits per heavy atom. The minimum absolute atomic E-state index is 0.0855. The van der Waals surface area contributed by atoms with E-state index in [1.165, 1.54) is 0 Å². The van der Waals surface area contributed by atoms with Gasteiger partial charge in [-0.15, -0.1) is 0 Å². The summed E-state index contributed by atoms with van der Waals surface area (Å²) >= 11 is 0. The fourth-order valence-corrected chi connectivity index (χ4v) is 3.80. The lowest BCUT2D eigenvalue weighted by Gasteiger charge is -2.36. The first kappa shape index (κ1) is 21.8. The van der Waals surface area contributed by atoms with Gasteiger partial charge in [-0.25, -0.2) is 4.79 Å². The van der Waals surface area contributed by atoms with Crippen LogP contribution in [0.1, 0.15) is 12.5 Å². The minimum Gasteiger partial charge on any atom is -0.497 e. The number of ether oxygens (including phenoxy) is 3. The van der Waals surface area contributed by atoms with E-state index in [0.717, 1.165) is 36.7 Å². The van der Waals surface area contributed by atoms with Gasteiger partial charge in [0.2, 0.25) is 12.7 Å². The van der Waals surface area contributed by atoms with E-state index in [0.29, 0.717) is 24.5 Å². The van der Waals surface area contributed by atoms with Crippen molar-refractivity contribution in [1.29, 1.82) is 0 Å². The van der Waals surface area contributed by atoms with E-state index < -0.39 is 12.1 Å². The number of nitrogens with zero attached hydrogens (tertiary/aromatic N) is 2. The molecule has 0 saturated carbocycles. The quantitative estimate of drug-likeness (QED) is 0.716. The minimum atomic E-state index is -0.617. The summed E-state index contributed by atoms with van der Waals surface area (Å²) in [4.78, 5) is 29.1. The topological polar surface area (TPSA) is 92.4 Å². The van der Waals surface area contributed by atoms with Crippen molar-refractivity contribution < 1.29 is 23.8 Å². The van der Waals surface area contributed by atoms with Gasteiger partial charge in [-0.2, -0.15) is 0 Å². The number of amides is 3. The molecule has 1 atom stereocenters. The highest BCUT2D eigenvalue weighted by Gasteiger charge is 2.26. The number of anilines is 1. The molecule has 9 heteroatoms. The first-order valence-corrected chi connectivity index (χ1v) is 10.6. The van der Waals surface area contributed by atoms with Crippen LogP contribution in [0.4, 0.5) is 10.5 Å². The normalized spacial score (nSPS) is 16.4. The Bertz CT molecular complexity index is 957. The fourth-order valence-electron chi connectivity index (χ4n) is 3.80. The van der Waals surface area contributed by atoms with Crippen molar-refractivity contribution in [3.8, 4) is 17.2 Å². The van der Waals surface area contributed by atoms with Gasteiger partial charge in [-0.1, -0.05) is 6.07 Å². The molecule has 4 rings (SSSR count). The van der Waals surface area contributed by atoms with Gasteiger partial charge in [0.05, 0.1) is 7.11 Å². The van der Waals surface area contributed by atoms with E-state index >= 15 is 0 Å². The lowest BCUT2D eigenvalue weighted by molar-refractivity contribution is -0.134. The fraction of sp³-hybridized carbons (Fsp3) is 0.391. The number of urea groups is 1. The molecule has 0 bridgehead atoms. The van der Waals surface area contributed by atoms with Crippen molar-refractivity contribution >= 4 is 17.6 Å². The van der Waals surface area contributed by atoms with E-state index in [2.05, 4.69) is 15.5 Å². The van der Waals surface area contributed by atoms with Crippen molar-refractivity contribution in [2.45, 2.75) is 19.5 Å². The second-order valence-electron chi connectivity index (χ2n) is 7.84. The summed E-state index contributed by atoms with van der Waals surface area (Å²) in [5.41, 5.74) is 1.78. The maximum Gasteiger partial charge on any atom is 0.319 e. The molecule has 32 heavy (non-hydrogen) atoms. The van der Waals surface area contributed by atoms with Crippen LogP contribution in [0.3, 0.4) is 0 Å². The Morgan fingerprint density at radius 1 is 1.03 bits per heavy atom. The smallest absolute Gasteiger partial charge is 0.319 e. The number of carbonyl (C=O) groups is 2. The van der Waals surface area contributed by atoms with Crippen molar-refractivity contribution in [2.24, 2.45) is 0 Å². The van der Waals surface area contributed by atoms with Crippen LogP contribution in [0.15, 0.2) is 42.5 Å². The van der Waals surface area contributed by atoms with E-state index in [9.17, 15) is 9.59 Å². The van der Waals surface area contributed by atoms with Crippen LogP contribution >= 0.6 is 0 Å². The average molecular weight is 441 g/mol. The van der Waals surface area contributed by atoms with Crippen LogP contribution in [-0.2, 0) is 11.3 Å². The van der Waals surface area contributed by atoms with Gasteiger partial charge >= 0.3 is 6.03 Å². The van der Waals surface area contributed by atoms with Crippen molar-refractivity contribution in [1.82, 2.24) is 15.1 Å². The van der Waals surface area contributed by atoms with E-state index in [4.69, 9.17) is 14.2 Å². The summed E-state index contributed by atoms with van der Waals surface area (Å²) in [6.45, 7) is 5.54. The van der Waals surface area contributed by atoms with Gasteiger partial charge in [-0.05, 0) is 48.9 Å². The van der Waals surface area contributed by atoms with E-state index in [1.54, 1.807) is 43.2 Å². The zero-order valence-corrected chi connectivity index (χ0v) is 18.3. The number of piperazine rings is 1. The van der Waals surface area contributed by atoms with Crippen LogP contribution in [0.25, 0.3) is 0 Å². The molecule has 0 radical (unpaired) electrons. The lowest BCUT2D eigenvalue weighted by Crippen LogP contribution is -2.54. The van der Waals surface area contributed by atoms with Crippen LogP contribution in [0, 0.1) is 0 Å². The van der Waals surface area contributed by atoms with Gasteiger partial charge in [0, 0.05) is 38.4 Å². The van der Waals surface area contributed by atoms with Crippen LogP contribution in [0.2, 0.25) is 0 Å². The molecule has 2 aliphatic rings. The molecule has 1 unspecified atom stereocenters. The van der Waals surface area contributed by atoms with Crippen molar-refractivity contribution in [3.63, 3.8) is 0 Å². The second kappa shape index (κ2) is 9.78. The average Bonchev–Trinajstić information content (AvgIpc) is 3.27. The summed E-state index contributed by atoms with van der Waals surface area (Å²) in [7, 11) is 1.58. The molecule has 2 aliphatic heterocycles. The molecule has 3 amide bonds. The molecular formula is C23H28N4O5. The Morgan fingerprint density at radius 2 is 1.75 bits per heavy atom. The molecular weight excluding hydrogens is 412 g/mol. The zero-order chi connectivity index (χ0) is 22.5. The summed E-state index contributed by atoms with van der Waals surface area (Å²) in [5.74, 6) is 2.18. The standard InChI is InChI=1S/C23H28N4O5/c1-16(24-23(29)25-18-4-6-19(30-2)7-5-18)22(28)27-11-9-26(10-12-27)14-17-3-8-20-21(13-17)32-15-31-20/h3-8,13,16H,9-12,14-15H2,1-2H3,(H2,24,25,29). The van der Waals surface area contributed by atoms with Crippen LogP contribution in [-0.4, -0.2) is 67.9 Å². The highest BCUT2D eigenvalue weighted by atomic mass is 16.7. The molecule has 9 nitrogen and oxygen atoms in total. The Labute approximate surface area is 187 Å². The predicted molar refractivity (Wildman–Crippen MR) is 119 cm³/mol. The largest absolute Gasteiger partial charge is 0.497 e. The number of nitrogens with one attached hydrogen (secondary N) is 2. The molecule has 0 aliphatic carbocycles. The molecule has 0 spiro atoms. The molecule has 2 aromatic carbocycles. The number of hydrogen-bond acceptors (Lipinski definition) is 6. The SMILES string of the molecule is COc1ccc(NC(=O)NC(C)C(=O)N2CCN(Cc3ccc4c(c3)OCO4)CC2)cc1. The molecule has 170 valence electrons. The van der Waals surface area contributed by atoms with Gasteiger partial charge in [0.15, 0.2) is 11.5 Å². The van der Waals surface area contributed by atoms with Gasteiger partial charge in [0.1, 0.15) is 11.8 Å². The van der Waals surface area contributed by atoms with Crippen molar-refractivity contribution in [3.05, 3.63) is 48.0 Å². The molecule has 2 aromatic rings. The Balaban J connectivity index is 1.22. The Kier molecular flexibility index (Phi) is 6.65.